The molecule has 2 aromatic rings. The molecule has 1 heterocycles. The highest BCUT2D eigenvalue weighted by Crippen LogP contribution is 2.28. The molecule has 0 saturated carbocycles. The van der Waals surface area contributed by atoms with Gasteiger partial charge in [0.15, 0.2) is 0 Å². The lowest BCUT2D eigenvalue weighted by Gasteiger charge is -2.08. The smallest absolute Gasteiger partial charge is 0.272 e. The van der Waals surface area contributed by atoms with Gasteiger partial charge in [-0.1, -0.05) is 0 Å². The molecule has 0 fully saturated rings. The van der Waals surface area contributed by atoms with Gasteiger partial charge < -0.3 is 10.5 Å². The molecule has 0 atom stereocenters. The van der Waals surface area contributed by atoms with Gasteiger partial charge in [0, 0.05) is 17.2 Å². The van der Waals surface area contributed by atoms with E-state index in [2.05, 4.69) is 4.98 Å². The molecule has 0 bridgehead atoms. The summed E-state index contributed by atoms with van der Waals surface area (Å²) in [6.07, 6.45) is 1.50. The van der Waals surface area contributed by atoms with Crippen molar-refractivity contribution in [2.24, 2.45) is 0 Å². The van der Waals surface area contributed by atoms with Crippen LogP contribution in [-0.4, -0.2) is 9.91 Å². The zero-order chi connectivity index (χ0) is 14.0. The molecule has 6 heteroatoms. The fraction of sp³-hybridized carbons (Fsp3) is 0.154. The second-order valence-electron chi connectivity index (χ2n) is 4.20. The monoisotopic (exact) mass is 259 g/mol. The van der Waals surface area contributed by atoms with Crippen LogP contribution in [0.3, 0.4) is 0 Å². The molecule has 0 amide bonds. The Balaban J connectivity index is 2.29. The quantitative estimate of drug-likeness (QED) is 0.675. The molecule has 6 nitrogen and oxygen atoms in total. The van der Waals surface area contributed by atoms with E-state index in [0.717, 1.165) is 5.56 Å². The summed E-state index contributed by atoms with van der Waals surface area (Å²) >= 11 is 0. The predicted molar refractivity (Wildman–Crippen MR) is 71.3 cm³/mol. The van der Waals surface area contributed by atoms with Crippen molar-refractivity contribution in [1.29, 1.82) is 0 Å². The third-order valence-corrected chi connectivity index (χ3v) is 2.63. The first-order valence-electron chi connectivity index (χ1n) is 5.62. The maximum atomic E-state index is 10.7. The SMILES string of the molecule is Cc1cc(Oc2ncc(N)cc2C)ccc1[N+](=O)[O-]. The lowest BCUT2D eigenvalue weighted by Crippen LogP contribution is -1.96. The Morgan fingerprint density at radius 2 is 2.00 bits per heavy atom. The zero-order valence-corrected chi connectivity index (χ0v) is 10.6. The van der Waals surface area contributed by atoms with E-state index in [1.54, 1.807) is 25.1 Å². The van der Waals surface area contributed by atoms with Gasteiger partial charge in [-0.25, -0.2) is 4.98 Å². The summed E-state index contributed by atoms with van der Waals surface area (Å²) in [5.74, 6) is 0.936. The number of nitrogens with two attached hydrogens (primary N) is 1. The van der Waals surface area contributed by atoms with E-state index >= 15 is 0 Å². The average Bonchev–Trinajstić information content (AvgIpc) is 2.32. The molecule has 1 aromatic carbocycles. The lowest BCUT2D eigenvalue weighted by atomic mass is 10.2. The van der Waals surface area contributed by atoms with Crippen molar-refractivity contribution in [3.05, 3.63) is 51.7 Å². The minimum Gasteiger partial charge on any atom is -0.439 e. The number of rotatable bonds is 3. The minimum atomic E-state index is -0.425. The van der Waals surface area contributed by atoms with Crippen LogP contribution in [0.1, 0.15) is 11.1 Å². The molecule has 2 rings (SSSR count). The van der Waals surface area contributed by atoms with Crippen LogP contribution in [0.5, 0.6) is 11.6 Å². The van der Waals surface area contributed by atoms with Crippen LogP contribution in [-0.2, 0) is 0 Å². The van der Waals surface area contributed by atoms with Crippen LogP contribution in [0, 0.1) is 24.0 Å². The van der Waals surface area contributed by atoms with Gasteiger partial charge >= 0.3 is 0 Å². The fourth-order valence-corrected chi connectivity index (χ4v) is 1.70. The van der Waals surface area contributed by atoms with Crippen molar-refractivity contribution in [3.63, 3.8) is 0 Å². The van der Waals surface area contributed by atoms with Crippen molar-refractivity contribution in [3.8, 4) is 11.6 Å². The number of nitrogen functional groups attached to an aromatic ring is 1. The Bertz CT molecular complexity index is 641. The lowest BCUT2D eigenvalue weighted by molar-refractivity contribution is -0.385. The largest absolute Gasteiger partial charge is 0.439 e. The molecule has 0 saturated heterocycles. The fourth-order valence-electron chi connectivity index (χ4n) is 1.70. The first kappa shape index (κ1) is 12.8. The van der Waals surface area contributed by atoms with Crippen molar-refractivity contribution in [2.75, 3.05) is 5.73 Å². The summed E-state index contributed by atoms with van der Waals surface area (Å²) in [5.41, 5.74) is 7.57. The average molecular weight is 259 g/mol. The highest BCUT2D eigenvalue weighted by Gasteiger charge is 2.12. The predicted octanol–water partition coefficient (Wildman–Crippen LogP) is 2.98. The number of ether oxygens (including phenoxy) is 1. The van der Waals surface area contributed by atoms with Crippen LogP contribution < -0.4 is 10.5 Å². The number of hydrogen-bond donors (Lipinski definition) is 1. The Hall–Kier alpha value is -2.63. The molecule has 0 unspecified atom stereocenters. The van der Waals surface area contributed by atoms with E-state index in [4.69, 9.17) is 10.5 Å². The number of aryl methyl sites for hydroxylation is 2. The van der Waals surface area contributed by atoms with E-state index in [-0.39, 0.29) is 5.69 Å². The van der Waals surface area contributed by atoms with Gasteiger partial charge in [0.1, 0.15) is 5.75 Å². The van der Waals surface area contributed by atoms with Crippen molar-refractivity contribution < 1.29 is 9.66 Å². The van der Waals surface area contributed by atoms with E-state index in [1.165, 1.54) is 12.3 Å². The van der Waals surface area contributed by atoms with Crippen LogP contribution >= 0.6 is 0 Å². The zero-order valence-electron chi connectivity index (χ0n) is 10.6. The van der Waals surface area contributed by atoms with Crippen molar-refractivity contribution in [1.82, 2.24) is 4.98 Å². The topological polar surface area (TPSA) is 91.3 Å². The van der Waals surface area contributed by atoms with Gasteiger partial charge in [0.05, 0.1) is 16.8 Å². The highest BCUT2D eigenvalue weighted by molar-refractivity contribution is 5.47. The maximum Gasteiger partial charge on any atom is 0.272 e. The Kier molecular flexibility index (Phi) is 3.33. The maximum absolute atomic E-state index is 10.7. The van der Waals surface area contributed by atoms with Gasteiger partial charge in [-0.2, -0.15) is 0 Å². The third-order valence-electron chi connectivity index (χ3n) is 2.63. The normalized spacial score (nSPS) is 10.2. The van der Waals surface area contributed by atoms with E-state index < -0.39 is 4.92 Å². The Morgan fingerprint density at radius 1 is 1.26 bits per heavy atom. The molecule has 0 radical (unpaired) electrons. The summed E-state index contributed by atoms with van der Waals surface area (Å²) in [6.45, 7) is 3.49. The molecule has 98 valence electrons. The third kappa shape index (κ3) is 2.79. The molecule has 0 aliphatic rings. The standard InChI is InChI=1S/C13H13N3O3/c1-8-6-11(3-4-12(8)16(17)18)19-13-9(2)5-10(14)7-15-13/h3-7H,14H2,1-2H3. The number of anilines is 1. The van der Waals surface area contributed by atoms with Gasteiger partial charge in [0.25, 0.3) is 5.69 Å². The van der Waals surface area contributed by atoms with Crippen LogP contribution in [0.4, 0.5) is 11.4 Å². The summed E-state index contributed by atoms with van der Waals surface area (Å²) in [7, 11) is 0. The van der Waals surface area contributed by atoms with Gasteiger partial charge in [-0.15, -0.1) is 0 Å². The van der Waals surface area contributed by atoms with Crippen molar-refractivity contribution >= 4 is 11.4 Å². The highest BCUT2D eigenvalue weighted by atomic mass is 16.6. The second-order valence-corrected chi connectivity index (χ2v) is 4.20. The summed E-state index contributed by atoms with van der Waals surface area (Å²) < 4.78 is 5.59. The van der Waals surface area contributed by atoms with Crippen LogP contribution in [0.15, 0.2) is 30.5 Å². The first-order chi connectivity index (χ1) is 8.97. The first-order valence-corrected chi connectivity index (χ1v) is 5.62. The molecular formula is C13H13N3O3. The number of hydrogen-bond acceptors (Lipinski definition) is 5. The molecule has 1 aromatic heterocycles. The molecule has 0 aliphatic carbocycles. The van der Waals surface area contributed by atoms with Crippen LogP contribution in [0.25, 0.3) is 0 Å². The number of nitro benzene ring substituents is 1. The minimum absolute atomic E-state index is 0.0642. The second kappa shape index (κ2) is 4.93. The molecular weight excluding hydrogens is 246 g/mol. The summed E-state index contributed by atoms with van der Waals surface area (Å²) in [6, 6.07) is 6.32. The molecule has 0 aliphatic heterocycles. The van der Waals surface area contributed by atoms with E-state index in [9.17, 15) is 10.1 Å². The number of aromatic nitrogens is 1. The van der Waals surface area contributed by atoms with Gasteiger partial charge in [0.2, 0.25) is 5.88 Å². The molecule has 0 spiro atoms. The van der Waals surface area contributed by atoms with E-state index in [0.29, 0.717) is 22.9 Å². The Morgan fingerprint density at radius 3 is 2.58 bits per heavy atom. The van der Waals surface area contributed by atoms with Crippen LogP contribution in [0.2, 0.25) is 0 Å². The van der Waals surface area contributed by atoms with Gasteiger partial charge in [-0.05, 0) is 32.0 Å². The number of nitro groups is 1. The molecule has 2 N–H and O–H groups in total. The summed E-state index contributed by atoms with van der Waals surface area (Å²) in [4.78, 5) is 14.4. The number of nitrogens with zero attached hydrogens (tertiary/aromatic N) is 2. The molecule has 19 heavy (non-hydrogen) atoms. The van der Waals surface area contributed by atoms with Crippen molar-refractivity contribution in [2.45, 2.75) is 13.8 Å². The number of benzene rings is 1. The number of pyridine rings is 1. The van der Waals surface area contributed by atoms with E-state index in [1.807, 2.05) is 6.92 Å². The summed E-state index contributed by atoms with van der Waals surface area (Å²) in [5, 5.41) is 10.7. The van der Waals surface area contributed by atoms with Gasteiger partial charge in [-0.3, -0.25) is 10.1 Å². The Labute approximate surface area is 110 Å².